The molecule has 45 heavy (non-hydrogen) atoms. The minimum Gasteiger partial charge on any atom is -0.545 e. The molecule has 242 valence electrons. The Hall–Kier alpha value is -3.39. The Labute approximate surface area is 265 Å². The smallest absolute Gasteiger partial charge is 0.173 e. The average molecular weight is 665 g/mol. The maximum absolute atomic E-state index is 15.2. The van der Waals surface area contributed by atoms with Gasteiger partial charge in [-0.25, -0.2) is 31.0 Å². The Morgan fingerprint density at radius 2 is 1.60 bits per heavy atom. The second-order valence-electron chi connectivity index (χ2n) is 12.1. The first-order valence-electron chi connectivity index (χ1n) is 14.1. The molecule has 13 heteroatoms. The Morgan fingerprint density at radius 1 is 0.956 bits per heavy atom. The van der Waals surface area contributed by atoms with Gasteiger partial charge >= 0.3 is 0 Å². The van der Waals surface area contributed by atoms with Crippen molar-refractivity contribution >= 4 is 21.8 Å². The van der Waals surface area contributed by atoms with Crippen molar-refractivity contribution in [3.05, 3.63) is 106 Å². The molecule has 0 amide bonds. The number of benzene rings is 3. The lowest BCUT2D eigenvalue weighted by molar-refractivity contribution is -0.870. The molecule has 0 aliphatic heterocycles. The standard InChI is InChI=1S/C32H36F4N4O3S2/c1-32(2,21-8-13-26(34)29(16-21)43-6)30-19-37-31(39(30)23-11-9-22(33)10-12-23)44-20-25-27(35)17-24(18-28(25)36)45(41,42)38-14-7-15-40(3,4)5/h8-13,16-19H,7,14-15,20H2,1-6H3. The zero-order valence-electron chi connectivity index (χ0n) is 25.9. The minimum absolute atomic E-state index is 0.00806. The maximum atomic E-state index is 15.2. The van der Waals surface area contributed by atoms with Crippen LogP contribution in [-0.2, 0) is 21.2 Å². The number of thioether (sulfide) groups is 1. The molecular formula is C32H36F4N4O3S2. The van der Waals surface area contributed by atoms with Gasteiger partial charge in [-0.1, -0.05) is 31.7 Å². The number of aromatic nitrogens is 2. The molecule has 0 N–H and O–H groups in total. The summed E-state index contributed by atoms with van der Waals surface area (Å²) in [5.74, 6) is -3.17. The van der Waals surface area contributed by atoms with Crippen LogP contribution in [0.15, 0.2) is 70.8 Å². The van der Waals surface area contributed by atoms with Crippen LogP contribution in [0, 0.1) is 23.3 Å². The van der Waals surface area contributed by atoms with Gasteiger partial charge in [-0.15, -0.1) is 6.54 Å². The van der Waals surface area contributed by atoms with E-state index in [1.165, 1.54) is 25.3 Å². The van der Waals surface area contributed by atoms with Crippen LogP contribution in [0.3, 0.4) is 0 Å². The molecule has 3 aromatic carbocycles. The molecule has 0 aliphatic rings. The van der Waals surface area contributed by atoms with E-state index in [2.05, 4.69) is 9.71 Å². The van der Waals surface area contributed by atoms with Crippen molar-refractivity contribution in [1.82, 2.24) is 9.55 Å². The van der Waals surface area contributed by atoms with Crippen molar-refractivity contribution in [2.45, 2.75) is 41.5 Å². The first-order chi connectivity index (χ1) is 21.0. The van der Waals surface area contributed by atoms with Gasteiger partial charge < -0.3 is 13.9 Å². The molecule has 0 radical (unpaired) electrons. The summed E-state index contributed by atoms with van der Waals surface area (Å²) in [6, 6.07) is 11.7. The highest BCUT2D eigenvalue weighted by atomic mass is 32.2. The highest BCUT2D eigenvalue weighted by molar-refractivity contribution is 7.98. The first-order valence-corrected chi connectivity index (χ1v) is 16.5. The summed E-state index contributed by atoms with van der Waals surface area (Å²) in [4.78, 5) is 3.97. The molecule has 0 aliphatic carbocycles. The fourth-order valence-corrected chi connectivity index (χ4v) is 6.75. The number of rotatable bonds is 13. The molecule has 0 fully saturated rings. The Balaban J connectivity index is 1.64. The van der Waals surface area contributed by atoms with Crippen LogP contribution in [0.2, 0.25) is 0 Å². The van der Waals surface area contributed by atoms with Crippen molar-refractivity contribution in [1.29, 1.82) is 0 Å². The van der Waals surface area contributed by atoms with Gasteiger partial charge in [0.25, 0.3) is 0 Å². The summed E-state index contributed by atoms with van der Waals surface area (Å²) >= 11 is 1.02. The number of ether oxygens (including phenoxy) is 1. The van der Waals surface area contributed by atoms with E-state index >= 15 is 8.78 Å². The van der Waals surface area contributed by atoms with E-state index in [0.29, 0.717) is 39.5 Å². The number of nitrogens with zero attached hydrogens (tertiary/aromatic N) is 4. The first kappa shape index (κ1) is 34.5. The summed E-state index contributed by atoms with van der Waals surface area (Å²) in [6.45, 7) is 4.49. The molecule has 1 aromatic heterocycles. The van der Waals surface area contributed by atoms with E-state index in [1.807, 2.05) is 35.0 Å². The van der Waals surface area contributed by atoms with Crippen LogP contribution in [0.25, 0.3) is 10.4 Å². The van der Waals surface area contributed by atoms with Crippen molar-refractivity contribution < 1.29 is 35.2 Å². The summed E-state index contributed by atoms with van der Waals surface area (Å²) in [6.07, 6.45) is 2.10. The molecular weight excluding hydrogens is 629 g/mol. The number of methoxy groups -OCH3 is 1. The fourth-order valence-electron chi connectivity index (χ4n) is 4.72. The van der Waals surface area contributed by atoms with Gasteiger partial charge in [0.05, 0.1) is 51.6 Å². The van der Waals surface area contributed by atoms with E-state index in [0.717, 1.165) is 23.9 Å². The van der Waals surface area contributed by atoms with Gasteiger partial charge in [-0.3, -0.25) is 4.57 Å². The molecule has 0 unspecified atom stereocenters. The summed E-state index contributed by atoms with van der Waals surface area (Å²) in [5.41, 5.74) is 0.782. The van der Waals surface area contributed by atoms with Crippen molar-refractivity contribution in [3.8, 4) is 11.4 Å². The number of hydrogen-bond acceptors (Lipinski definition) is 5. The molecule has 7 nitrogen and oxygen atoms in total. The van der Waals surface area contributed by atoms with Crippen LogP contribution in [0.5, 0.6) is 5.75 Å². The predicted molar refractivity (Wildman–Crippen MR) is 167 cm³/mol. The highest BCUT2D eigenvalue weighted by Crippen LogP contribution is 2.38. The van der Waals surface area contributed by atoms with Gasteiger partial charge in [0.15, 0.2) is 16.7 Å². The summed E-state index contributed by atoms with van der Waals surface area (Å²) in [7, 11) is 3.02. The number of halogens is 4. The molecule has 0 spiro atoms. The van der Waals surface area contributed by atoms with E-state index in [1.54, 1.807) is 35.0 Å². The summed E-state index contributed by atoms with van der Waals surface area (Å²) in [5, 5.41) is 0.349. The lowest BCUT2D eigenvalue weighted by atomic mass is 9.81. The third-order valence-electron chi connectivity index (χ3n) is 7.33. The van der Waals surface area contributed by atoms with Gasteiger partial charge in [-0.05, 0) is 60.5 Å². The monoisotopic (exact) mass is 664 g/mol. The number of quaternary nitrogens is 1. The zero-order chi connectivity index (χ0) is 33.2. The number of imidazole rings is 1. The number of sulfonamides is 1. The average Bonchev–Trinajstić information content (AvgIpc) is 3.39. The van der Waals surface area contributed by atoms with Crippen LogP contribution in [0.4, 0.5) is 17.6 Å². The van der Waals surface area contributed by atoms with Gasteiger partial charge in [0, 0.05) is 22.4 Å². The van der Waals surface area contributed by atoms with Crippen LogP contribution < -0.4 is 4.74 Å². The van der Waals surface area contributed by atoms with Crippen LogP contribution in [-0.4, -0.2) is 63.8 Å². The van der Waals surface area contributed by atoms with Crippen molar-refractivity contribution in [2.24, 2.45) is 0 Å². The SMILES string of the molecule is COc1cc(C(C)(C)c2cnc(SCc3c(F)cc(S(=O)(=O)[N-]CCC[N+](C)(C)C)cc3F)n2-c2ccc(F)cc2)ccc1F. The van der Waals surface area contributed by atoms with Gasteiger partial charge in [0.2, 0.25) is 0 Å². The quantitative estimate of drug-likeness (QED) is 0.0654. The largest absolute Gasteiger partial charge is 0.545 e. The zero-order valence-corrected chi connectivity index (χ0v) is 27.6. The second-order valence-corrected chi connectivity index (χ2v) is 14.7. The van der Waals surface area contributed by atoms with Crippen molar-refractivity contribution in [2.75, 3.05) is 41.3 Å². The second kappa shape index (κ2) is 13.5. The third kappa shape index (κ3) is 8.07. The molecule has 0 bridgehead atoms. The van der Waals surface area contributed by atoms with Crippen LogP contribution >= 0.6 is 11.8 Å². The third-order valence-corrected chi connectivity index (χ3v) is 9.67. The lowest BCUT2D eigenvalue weighted by Gasteiger charge is -2.28. The fraction of sp³-hybridized carbons (Fsp3) is 0.344. The minimum atomic E-state index is -4.25. The molecule has 1 heterocycles. The van der Waals surface area contributed by atoms with Crippen LogP contribution in [0.1, 0.15) is 37.1 Å². The normalized spacial score (nSPS) is 12.5. The number of hydrogen-bond donors (Lipinski definition) is 0. The highest BCUT2D eigenvalue weighted by Gasteiger charge is 2.31. The lowest BCUT2D eigenvalue weighted by Crippen LogP contribution is -2.35. The summed E-state index contributed by atoms with van der Waals surface area (Å²) < 4.78 is 95.0. The topological polar surface area (TPSA) is 75.3 Å². The predicted octanol–water partition coefficient (Wildman–Crippen LogP) is 7.21. The molecule has 4 aromatic rings. The molecule has 0 saturated carbocycles. The molecule has 4 rings (SSSR count). The van der Waals surface area contributed by atoms with E-state index < -0.39 is 43.6 Å². The maximum Gasteiger partial charge on any atom is 0.173 e. The van der Waals surface area contributed by atoms with Gasteiger partial charge in [0.1, 0.15) is 27.5 Å². The Kier molecular flexibility index (Phi) is 10.4. The molecule has 0 atom stereocenters. The van der Waals surface area contributed by atoms with Gasteiger partial charge in [-0.2, -0.15) is 0 Å². The van der Waals surface area contributed by atoms with Crippen molar-refractivity contribution in [3.63, 3.8) is 0 Å². The molecule has 0 saturated heterocycles. The van der Waals surface area contributed by atoms with E-state index in [4.69, 9.17) is 4.74 Å². The van der Waals surface area contributed by atoms with E-state index in [9.17, 15) is 17.2 Å². The Bertz CT molecular complexity index is 1750. The van der Waals surface area contributed by atoms with E-state index in [-0.39, 0.29) is 23.6 Å². The Morgan fingerprint density at radius 3 is 2.20 bits per heavy atom.